The summed E-state index contributed by atoms with van der Waals surface area (Å²) in [5.74, 6) is -0.447. The van der Waals surface area contributed by atoms with E-state index >= 15 is 0 Å². The van der Waals surface area contributed by atoms with Crippen LogP contribution in [0.2, 0.25) is 0 Å². The quantitative estimate of drug-likeness (QED) is 0.249. The Morgan fingerprint density at radius 1 is 0.775 bits per heavy atom. The van der Waals surface area contributed by atoms with E-state index in [9.17, 15) is 14.4 Å². The zero-order valence-corrected chi connectivity index (χ0v) is 21.6. The van der Waals surface area contributed by atoms with E-state index in [2.05, 4.69) is 5.32 Å². The predicted octanol–water partition coefficient (Wildman–Crippen LogP) is 6.32. The Morgan fingerprint density at radius 3 is 2.20 bits per heavy atom. The summed E-state index contributed by atoms with van der Waals surface area (Å²) < 4.78 is 11.4. The summed E-state index contributed by atoms with van der Waals surface area (Å²) in [5, 5.41) is 6.79. The molecule has 0 radical (unpaired) electrons. The van der Waals surface area contributed by atoms with Crippen LogP contribution in [0.4, 0.5) is 11.4 Å². The van der Waals surface area contributed by atoms with Crippen molar-refractivity contribution < 1.29 is 23.9 Å². The summed E-state index contributed by atoms with van der Waals surface area (Å²) in [6, 6.07) is 34.4. The van der Waals surface area contributed by atoms with Crippen LogP contribution in [0, 0.1) is 5.92 Å². The van der Waals surface area contributed by atoms with Crippen LogP contribution in [0.15, 0.2) is 109 Å². The lowest BCUT2D eigenvalue weighted by Crippen LogP contribution is -2.28. The first-order valence-corrected chi connectivity index (χ1v) is 13.1. The first-order chi connectivity index (χ1) is 19.5. The molecule has 1 aliphatic rings. The fraction of sp³-hybridized carbons (Fsp3) is 0.121. The molecule has 0 bridgehead atoms. The highest BCUT2D eigenvalue weighted by atomic mass is 16.5. The number of hydrogen-bond donors (Lipinski definition) is 1. The molecule has 7 heteroatoms. The molecule has 1 heterocycles. The van der Waals surface area contributed by atoms with Gasteiger partial charge in [-0.2, -0.15) is 0 Å². The van der Waals surface area contributed by atoms with Gasteiger partial charge in [0.25, 0.3) is 5.91 Å². The van der Waals surface area contributed by atoms with Crippen LogP contribution < -0.4 is 15.0 Å². The Morgan fingerprint density at radius 2 is 1.43 bits per heavy atom. The molecule has 0 spiro atoms. The number of nitrogens with zero attached hydrogens (tertiary/aromatic N) is 1. The average molecular weight is 531 g/mol. The van der Waals surface area contributed by atoms with Crippen LogP contribution in [-0.2, 0) is 19.1 Å². The lowest BCUT2D eigenvalue weighted by atomic mass is 10.1. The van der Waals surface area contributed by atoms with Crippen molar-refractivity contribution in [3.63, 3.8) is 0 Å². The molecule has 40 heavy (non-hydrogen) atoms. The van der Waals surface area contributed by atoms with Crippen molar-refractivity contribution in [3.8, 4) is 11.5 Å². The Labute approximate surface area is 230 Å². The summed E-state index contributed by atoms with van der Waals surface area (Å²) in [4.78, 5) is 39.5. The summed E-state index contributed by atoms with van der Waals surface area (Å²) in [7, 11) is 0. The molecule has 0 unspecified atom stereocenters. The molecule has 5 aromatic rings. The predicted molar refractivity (Wildman–Crippen MR) is 154 cm³/mol. The van der Waals surface area contributed by atoms with E-state index in [1.165, 1.54) is 0 Å². The van der Waals surface area contributed by atoms with E-state index in [0.717, 1.165) is 27.3 Å². The number of carbonyl (C=O) groups is 3. The van der Waals surface area contributed by atoms with E-state index < -0.39 is 24.4 Å². The lowest BCUT2D eigenvalue weighted by Gasteiger charge is -2.17. The van der Waals surface area contributed by atoms with Gasteiger partial charge >= 0.3 is 5.97 Å². The van der Waals surface area contributed by atoms with Crippen molar-refractivity contribution in [2.24, 2.45) is 5.92 Å². The van der Waals surface area contributed by atoms with Crippen molar-refractivity contribution in [2.45, 2.75) is 6.42 Å². The van der Waals surface area contributed by atoms with Crippen molar-refractivity contribution in [1.29, 1.82) is 0 Å². The highest BCUT2D eigenvalue weighted by Gasteiger charge is 2.36. The second-order valence-electron chi connectivity index (χ2n) is 9.66. The van der Waals surface area contributed by atoms with Gasteiger partial charge in [-0.25, -0.2) is 0 Å². The van der Waals surface area contributed by atoms with Crippen LogP contribution in [0.25, 0.3) is 21.5 Å². The molecular formula is C33H26N2O5. The zero-order valence-electron chi connectivity index (χ0n) is 21.6. The maximum atomic E-state index is 12.7. The second kappa shape index (κ2) is 10.9. The molecule has 6 rings (SSSR count). The van der Waals surface area contributed by atoms with Gasteiger partial charge in [0.15, 0.2) is 6.61 Å². The fourth-order valence-corrected chi connectivity index (χ4v) is 5.00. The topological polar surface area (TPSA) is 84.9 Å². The second-order valence-corrected chi connectivity index (χ2v) is 9.66. The Bertz CT molecular complexity index is 1720. The summed E-state index contributed by atoms with van der Waals surface area (Å²) in [6.45, 7) is -0.237. The number of nitrogens with one attached hydrogen (secondary N) is 1. The van der Waals surface area contributed by atoms with E-state index in [-0.39, 0.29) is 18.9 Å². The van der Waals surface area contributed by atoms with Gasteiger partial charge in [-0.05, 0) is 47.2 Å². The lowest BCUT2D eigenvalue weighted by molar-refractivity contribution is -0.151. The summed E-state index contributed by atoms with van der Waals surface area (Å²) >= 11 is 0. The van der Waals surface area contributed by atoms with E-state index in [1.54, 1.807) is 35.2 Å². The maximum Gasteiger partial charge on any atom is 0.311 e. The fourth-order valence-electron chi connectivity index (χ4n) is 5.00. The Hall–Kier alpha value is -5.17. The molecule has 5 aromatic carbocycles. The molecular weight excluding hydrogens is 504 g/mol. The van der Waals surface area contributed by atoms with Gasteiger partial charge in [0.1, 0.15) is 11.5 Å². The normalized spacial score (nSPS) is 14.8. The number of rotatable bonds is 7. The molecule has 1 aliphatic heterocycles. The first-order valence-electron chi connectivity index (χ1n) is 13.1. The molecule has 1 N–H and O–H groups in total. The standard InChI is InChI=1S/C33H26N2O5/c36-31(34-29-13-5-9-22-7-1-3-11-27(22)29)21-39-33(38)24-19-32(37)35(20-24)25-15-17-26(18-16-25)40-30-14-6-10-23-8-2-4-12-28(23)30/h1-18,24H,19-21H2,(H,34,36)/t24-/m0/s1. The van der Waals surface area contributed by atoms with E-state index in [1.807, 2.05) is 78.9 Å². The minimum Gasteiger partial charge on any atom is -0.457 e. The van der Waals surface area contributed by atoms with Gasteiger partial charge in [0, 0.05) is 35.1 Å². The molecule has 2 amide bonds. The van der Waals surface area contributed by atoms with E-state index in [0.29, 0.717) is 17.1 Å². The van der Waals surface area contributed by atoms with Gasteiger partial charge in [0.05, 0.1) is 5.92 Å². The minimum absolute atomic E-state index is 0.0258. The summed E-state index contributed by atoms with van der Waals surface area (Å²) in [6.07, 6.45) is 0.0258. The van der Waals surface area contributed by atoms with Crippen LogP contribution in [0.3, 0.4) is 0 Å². The smallest absolute Gasteiger partial charge is 0.311 e. The van der Waals surface area contributed by atoms with Gasteiger partial charge < -0.3 is 19.7 Å². The Balaban J connectivity index is 1.05. The molecule has 0 saturated carbocycles. The maximum absolute atomic E-state index is 12.7. The third kappa shape index (κ3) is 5.22. The summed E-state index contributed by atoms with van der Waals surface area (Å²) in [5.41, 5.74) is 1.31. The monoisotopic (exact) mass is 530 g/mol. The number of amides is 2. The van der Waals surface area contributed by atoms with Gasteiger partial charge in [-0.15, -0.1) is 0 Å². The van der Waals surface area contributed by atoms with Crippen molar-refractivity contribution in [3.05, 3.63) is 109 Å². The molecule has 0 aliphatic carbocycles. The average Bonchev–Trinajstić information content (AvgIpc) is 3.38. The Kier molecular flexibility index (Phi) is 6.85. The van der Waals surface area contributed by atoms with Crippen LogP contribution in [-0.4, -0.2) is 30.9 Å². The zero-order chi connectivity index (χ0) is 27.5. The van der Waals surface area contributed by atoms with E-state index in [4.69, 9.17) is 9.47 Å². The highest BCUT2D eigenvalue weighted by molar-refractivity contribution is 6.03. The number of ether oxygens (including phenoxy) is 2. The molecule has 198 valence electrons. The van der Waals surface area contributed by atoms with Gasteiger partial charge in [0.2, 0.25) is 5.91 Å². The van der Waals surface area contributed by atoms with Gasteiger partial charge in [-0.1, -0.05) is 72.8 Å². The van der Waals surface area contributed by atoms with Crippen LogP contribution >= 0.6 is 0 Å². The number of esters is 1. The molecule has 1 atom stereocenters. The molecule has 1 saturated heterocycles. The molecule has 1 fully saturated rings. The van der Waals surface area contributed by atoms with Crippen LogP contribution in [0.5, 0.6) is 11.5 Å². The number of anilines is 2. The van der Waals surface area contributed by atoms with Crippen molar-refractivity contribution in [1.82, 2.24) is 0 Å². The minimum atomic E-state index is -0.649. The number of hydrogen-bond acceptors (Lipinski definition) is 5. The highest BCUT2D eigenvalue weighted by Crippen LogP contribution is 2.32. The number of carbonyl (C=O) groups excluding carboxylic acids is 3. The van der Waals surface area contributed by atoms with Gasteiger partial charge in [-0.3, -0.25) is 14.4 Å². The number of fused-ring (bicyclic) bond motifs is 2. The van der Waals surface area contributed by atoms with Crippen molar-refractivity contribution >= 4 is 50.7 Å². The van der Waals surface area contributed by atoms with Crippen LogP contribution in [0.1, 0.15) is 6.42 Å². The van der Waals surface area contributed by atoms with Crippen molar-refractivity contribution in [2.75, 3.05) is 23.4 Å². The largest absolute Gasteiger partial charge is 0.457 e. The third-order valence-electron chi connectivity index (χ3n) is 6.99. The molecule has 7 nitrogen and oxygen atoms in total. The third-order valence-corrected chi connectivity index (χ3v) is 6.99. The molecule has 0 aromatic heterocycles. The SMILES string of the molecule is O=C(COC(=O)[C@H]1CC(=O)N(c2ccc(Oc3cccc4ccccc34)cc2)C1)Nc1cccc2ccccc12. The first kappa shape index (κ1) is 25.1. The number of benzene rings is 5.